The van der Waals surface area contributed by atoms with Crippen LogP contribution in [0.4, 0.5) is 4.79 Å². The zero-order chi connectivity index (χ0) is 13.8. The average molecular weight is 256 g/mol. The van der Waals surface area contributed by atoms with E-state index in [-0.39, 0.29) is 6.09 Å². The van der Waals surface area contributed by atoms with Gasteiger partial charge in [-0.15, -0.1) is 0 Å². The van der Waals surface area contributed by atoms with Gasteiger partial charge in [0.2, 0.25) is 0 Å². The summed E-state index contributed by atoms with van der Waals surface area (Å²) in [5.74, 6) is 0. The van der Waals surface area contributed by atoms with Crippen molar-refractivity contribution in [3.63, 3.8) is 0 Å². The average Bonchev–Trinajstić information content (AvgIpc) is 2.28. The molecule has 0 aliphatic heterocycles. The first-order valence-corrected chi connectivity index (χ1v) is 7.04. The maximum Gasteiger partial charge on any atom is 0.410 e. The molecule has 0 aromatic heterocycles. The van der Waals surface area contributed by atoms with Gasteiger partial charge < -0.3 is 15.0 Å². The maximum absolute atomic E-state index is 12.1. The Morgan fingerprint density at radius 3 is 2.22 bits per heavy atom. The maximum atomic E-state index is 12.1. The Morgan fingerprint density at radius 1 is 1.28 bits per heavy atom. The van der Waals surface area contributed by atoms with Crippen LogP contribution in [0.25, 0.3) is 0 Å². The summed E-state index contributed by atoms with van der Waals surface area (Å²) in [5.41, 5.74) is -0.410. The number of ether oxygens (including phenoxy) is 1. The zero-order valence-corrected chi connectivity index (χ0v) is 12.5. The summed E-state index contributed by atoms with van der Waals surface area (Å²) in [5, 5.41) is 3.31. The number of hydrogen-bond donors (Lipinski definition) is 1. The molecular formula is C14H28N2O2. The molecule has 1 saturated carbocycles. The molecule has 0 radical (unpaired) electrons. The van der Waals surface area contributed by atoms with Crippen LogP contribution < -0.4 is 5.32 Å². The van der Waals surface area contributed by atoms with Crippen LogP contribution in [0, 0.1) is 0 Å². The molecule has 0 aromatic rings. The van der Waals surface area contributed by atoms with Gasteiger partial charge in [-0.1, -0.05) is 0 Å². The minimum atomic E-state index is -0.410. The van der Waals surface area contributed by atoms with E-state index in [1.807, 2.05) is 39.6 Å². The number of carbonyl (C=O) groups is 1. The Bertz CT molecular complexity index is 265. The number of nitrogens with one attached hydrogen (secondary N) is 1. The number of amides is 1. The SMILES string of the molecule is CCN(C(=O)OC(C)(C)C)C1CCC(NC)CC1. The molecule has 1 fully saturated rings. The van der Waals surface area contributed by atoms with Crippen LogP contribution in [0.15, 0.2) is 0 Å². The Balaban J connectivity index is 2.54. The molecule has 18 heavy (non-hydrogen) atoms. The predicted octanol–water partition coefficient (Wildman–Crippen LogP) is 2.77. The fourth-order valence-electron chi connectivity index (χ4n) is 2.53. The van der Waals surface area contributed by atoms with E-state index in [9.17, 15) is 4.79 Å². The highest BCUT2D eigenvalue weighted by Crippen LogP contribution is 2.24. The van der Waals surface area contributed by atoms with Crippen LogP contribution in [0.2, 0.25) is 0 Å². The standard InChI is InChI=1S/C14H28N2O2/c1-6-16(13(17)18-14(2,3)4)12-9-7-11(15-5)8-10-12/h11-12,15H,6-10H2,1-5H3. The molecule has 0 aromatic carbocycles. The smallest absolute Gasteiger partial charge is 0.410 e. The third kappa shape index (κ3) is 4.48. The van der Waals surface area contributed by atoms with Gasteiger partial charge in [-0.3, -0.25) is 0 Å². The van der Waals surface area contributed by atoms with Crippen LogP contribution in [-0.4, -0.2) is 42.3 Å². The van der Waals surface area contributed by atoms with Crippen LogP contribution in [-0.2, 0) is 4.74 Å². The largest absolute Gasteiger partial charge is 0.444 e. The van der Waals surface area contributed by atoms with Gasteiger partial charge in [0.25, 0.3) is 0 Å². The van der Waals surface area contributed by atoms with Gasteiger partial charge in [0.05, 0.1) is 0 Å². The summed E-state index contributed by atoms with van der Waals surface area (Å²) in [7, 11) is 2.01. The van der Waals surface area contributed by atoms with Gasteiger partial charge in [0.1, 0.15) is 5.60 Å². The van der Waals surface area contributed by atoms with Gasteiger partial charge in [-0.05, 0) is 60.4 Å². The van der Waals surface area contributed by atoms with E-state index in [0.717, 1.165) is 32.2 Å². The van der Waals surface area contributed by atoms with E-state index in [1.165, 1.54) is 0 Å². The van der Waals surface area contributed by atoms with Gasteiger partial charge in [-0.25, -0.2) is 4.79 Å². The first-order valence-electron chi connectivity index (χ1n) is 7.04. The van der Waals surface area contributed by atoms with E-state index in [0.29, 0.717) is 12.1 Å². The molecule has 0 atom stereocenters. The lowest BCUT2D eigenvalue weighted by molar-refractivity contribution is 0.0126. The summed E-state index contributed by atoms with van der Waals surface area (Å²) in [6, 6.07) is 0.952. The van der Waals surface area contributed by atoms with Gasteiger partial charge in [-0.2, -0.15) is 0 Å². The minimum absolute atomic E-state index is 0.169. The minimum Gasteiger partial charge on any atom is -0.444 e. The van der Waals surface area contributed by atoms with E-state index in [2.05, 4.69) is 5.32 Å². The Morgan fingerprint density at radius 2 is 1.83 bits per heavy atom. The molecule has 4 heteroatoms. The van der Waals surface area contributed by atoms with Crippen molar-refractivity contribution in [2.24, 2.45) is 0 Å². The molecule has 0 heterocycles. The second-order valence-corrected chi connectivity index (χ2v) is 6.06. The summed E-state index contributed by atoms with van der Waals surface area (Å²) < 4.78 is 5.47. The highest BCUT2D eigenvalue weighted by Gasteiger charge is 2.30. The van der Waals surface area contributed by atoms with E-state index in [1.54, 1.807) is 0 Å². The molecular weight excluding hydrogens is 228 g/mol. The van der Waals surface area contributed by atoms with Crippen molar-refractivity contribution in [2.45, 2.75) is 71.1 Å². The van der Waals surface area contributed by atoms with Crippen LogP contribution >= 0.6 is 0 Å². The Kier molecular flexibility index (Phi) is 5.45. The van der Waals surface area contributed by atoms with Crippen molar-refractivity contribution in [1.82, 2.24) is 10.2 Å². The van der Waals surface area contributed by atoms with Gasteiger partial charge in [0.15, 0.2) is 0 Å². The predicted molar refractivity (Wildman–Crippen MR) is 73.7 cm³/mol. The Hall–Kier alpha value is -0.770. The number of hydrogen-bond acceptors (Lipinski definition) is 3. The molecule has 0 spiro atoms. The first-order chi connectivity index (χ1) is 8.37. The van der Waals surface area contributed by atoms with E-state index < -0.39 is 5.60 Å². The summed E-state index contributed by atoms with van der Waals surface area (Å²) in [4.78, 5) is 14.0. The van der Waals surface area contributed by atoms with E-state index >= 15 is 0 Å². The summed E-state index contributed by atoms with van der Waals surface area (Å²) in [6.45, 7) is 8.49. The summed E-state index contributed by atoms with van der Waals surface area (Å²) in [6.07, 6.45) is 4.25. The number of nitrogens with zero attached hydrogens (tertiary/aromatic N) is 1. The molecule has 1 N–H and O–H groups in total. The fraction of sp³-hybridized carbons (Fsp3) is 0.929. The van der Waals surface area contributed by atoms with Crippen molar-refractivity contribution in [3.8, 4) is 0 Å². The first kappa shape index (κ1) is 15.3. The zero-order valence-electron chi connectivity index (χ0n) is 12.5. The third-order valence-corrected chi connectivity index (χ3v) is 3.51. The quantitative estimate of drug-likeness (QED) is 0.844. The third-order valence-electron chi connectivity index (χ3n) is 3.51. The van der Waals surface area contributed by atoms with Crippen molar-refractivity contribution in [1.29, 1.82) is 0 Å². The van der Waals surface area contributed by atoms with Crippen molar-refractivity contribution < 1.29 is 9.53 Å². The van der Waals surface area contributed by atoms with Crippen molar-refractivity contribution in [3.05, 3.63) is 0 Å². The molecule has 4 nitrogen and oxygen atoms in total. The molecule has 0 unspecified atom stereocenters. The molecule has 0 saturated heterocycles. The van der Waals surface area contributed by atoms with Gasteiger partial charge in [0, 0.05) is 18.6 Å². The number of rotatable bonds is 3. The molecule has 0 bridgehead atoms. The number of carbonyl (C=O) groups excluding carboxylic acids is 1. The second kappa shape index (κ2) is 6.41. The highest BCUT2D eigenvalue weighted by atomic mass is 16.6. The summed E-state index contributed by atoms with van der Waals surface area (Å²) >= 11 is 0. The van der Waals surface area contributed by atoms with Crippen molar-refractivity contribution in [2.75, 3.05) is 13.6 Å². The van der Waals surface area contributed by atoms with Crippen molar-refractivity contribution >= 4 is 6.09 Å². The fourth-order valence-corrected chi connectivity index (χ4v) is 2.53. The second-order valence-electron chi connectivity index (χ2n) is 6.06. The highest BCUT2D eigenvalue weighted by molar-refractivity contribution is 5.68. The lowest BCUT2D eigenvalue weighted by atomic mass is 9.90. The van der Waals surface area contributed by atoms with Crippen LogP contribution in [0.3, 0.4) is 0 Å². The molecule has 1 amide bonds. The monoisotopic (exact) mass is 256 g/mol. The van der Waals surface area contributed by atoms with Gasteiger partial charge >= 0.3 is 6.09 Å². The topological polar surface area (TPSA) is 41.6 Å². The lowest BCUT2D eigenvalue weighted by Gasteiger charge is -2.37. The Labute approximate surface area is 111 Å². The molecule has 106 valence electrons. The molecule has 1 aliphatic carbocycles. The molecule has 1 rings (SSSR count). The molecule has 1 aliphatic rings. The van der Waals surface area contributed by atoms with E-state index in [4.69, 9.17) is 4.74 Å². The van der Waals surface area contributed by atoms with Crippen LogP contribution in [0.5, 0.6) is 0 Å². The lowest BCUT2D eigenvalue weighted by Crippen LogP contribution is -2.46. The normalized spacial score (nSPS) is 24.7. The van der Waals surface area contributed by atoms with Crippen LogP contribution in [0.1, 0.15) is 53.4 Å².